The molecule has 5 N–H and O–H groups in total. The molecule has 0 heterocycles. The molecule has 1 amide bonds. The van der Waals surface area contributed by atoms with E-state index in [1.807, 2.05) is 0 Å². The fourth-order valence-electron chi connectivity index (χ4n) is 2.06. The Labute approximate surface area is 137 Å². The Morgan fingerprint density at radius 1 is 1.22 bits per heavy atom. The highest BCUT2D eigenvalue weighted by Crippen LogP contribution is 2.23. The number of carbonyl (C=O) groups excluding carboxylic acids is 1. The van der Waals surface area contributed by atoms with E-state index in [9.17, 15) is 13.2 Å². The van der Waals surface area contributed by atoms with Crippen molar-refractivity contribution >= 4 is 27.4 Å². The summed E-state index contributed by atoms with van der Waals surface area (Å²) in [5, 5.41) is 3.11. The van der Waals surface area contributed by atoms with Gasteiger partial charge in [-0.25, -0.2) is 8.42 Å². The first-order valence-electron chi connectivity index (χ1n) is 7.47. The molecule has 1 rings (SSSR count). The van der Waals surface area contributed by atoms with Crippen molar-refractivity contribution in [3.8, 4) is 0 Å². The topological polar surface area (TPSA) is 128 Å². The van der Waals surface area contributed by atoms with Gasteiger partial charge >= 0.3 is 0 Å². The number of sulfone groups is 1. The normalized spacial score (nSPS) is 11.0. The molecule has 128 valence electrons. The van der Waals surface area contributed by atoms with Crippen LogP contribution in [0.2, 0.25) is 0 Å². The summed E-state index contributed by atoms with van der Waals surface area (Å²) in [4.78, 5) is 15.3. The number of aliphatic imine (C=N–C) groups is 1. The van der Waals surface area contributed by atoms with E-state index >= 15 is 0 Å². The number of hydrogen-bond acceptors (Lipinski definition) is 4. The average molecular weight is 340 g/mol. The maximum Gasteiger partial charge on any atom is 0.280 e. The molecule has 8 heteroatoms. The minimum absolute atomic E-state index is 0.0598. The van der Waals surface area contributed by atoms with E-state index in [-0.39, 0.29) is 16.4 Å². The number of amides is 1. The van der Waals surface area contributed by atoms with Crippen LogP contribution in [-0.4, -0.2) is 33.1 Å². The second-order valence-electron chi connectivity index (χ2n) is 5.31. The number of benzene rings is 1. The molecule has 0 unspecified atom stereocenters. The highest BCUT2D eigenvalue weighted by molar-refractivity contribution is 7.90. The molecule has 7 nitrogen and oxygen atoms in total. The van der Waals surface area contributed by atoms with Crippen molar-refractivity contribution in [3.05, 3.63) is 23.8 Å². The van der Waals surface area contributed by atoms with E-state index in [1.54, 1.807) is 6.07 Å². The summed E-state index contributed by atoms with van der Waals surface area (Å²) < 4.78 is 23.9. The second-order valence-corrected chi connectivity index (χ2v) is 7.30. The lowest BCUT2D eigenvalue weighted by Crippen LogP contribution is -2.24. The van der Waals surface area contributed by atoms with E-state index in [1.165, 1.54) is 12.1 Å². The predicted octanol–water partition coefficient (Wildman–Crippen LogP) is 1.50. The summed E-state index contributed by atoms with van der Waals surface area (Å²) in [7, 11) is -3.49. The van der Waals surface area contributed by atoms with Crippen molar-refractivity contribution in [1.82, 2.24) is 0 Å². The van der Waals surface area contributed by atoms with E-state index < -0.39 is 15.7 Å². The van der Waals surface area contributed by atoms with Crippen LogP contribution in [0.1, 0.15) is 43.0 Å². The van der Waals surface area contributed by atoms with Crippen LogP contribution in [-0.2, 0) is 9.84 Å². The quantitative estimate of drug-likeness (QED) is 0.374. The Balaban J connectivity index is 2.99. The van der Waals surface area contributed by atoms with Gasteiger partial charge in [-0.05, 0) is 24.6 Å². The number of nitrogens with two attached hydrogens (primary N) is 2. The zero-order valence-electron chi connectivity index (χ0n) is 13.5. The lowest BCUT2D eigenvalue weighted by Gasteiger charge is -2.12. The summed E-state index contributed by atoms with van der Waals surface area (Å²) in [6.45, 7) is 2.80. The van der Waals surface area contributed by atoms with E-state index in [4.69, 9.17) is 11.5 Å². The molecular weight excluding hydrogens is 316 g/mol. The maximum atomic E-state index is 11.9. The van der Waals surface area contributed by atoms with Crippen LogP contribution >= 0.6 is 0 Å². The Bertz CT molecular complexity index is 680. The molecule has 1 aromatic carbocycles. The molecule has 0 aliphatic rings. The number of anilines is 1. The molecule has 1 aromatic rings. The van der Waals surface area contributed by atoms with Crippen molar-refractivity contribution < 1.29 is 13.2 Å². The van der Waals surface area contributed by atoms with Crippen molar-refractivity contribution in [2.45, 2.75) is 37.5 Å². The van der Waals surface area contributed by atoms with Gasteiger partial charge in [-0.2, -0.15) is 4.99 Å². The van der Waals surface area contributed by atoms with Crippen LogP contribution in [0.4, 0.5) is 5.69 Å². The standard InChI is InChI=1S/C15H24N4O3S/c1-3-4-5-6-9-18-12-8-7-11(14(20)19-15(16)17)10-13(12)23(2,21)22/h7-8,10,18H,3-6,9H2,1-2H3,(H4,16,17,19,20). The molecule has 0 radical (unpaired) electrons. The third-order valence-corrected chi connectivity index (χ3v) is 4.34. The lowest BCUT2D eigenvalue weighted by molar-refractivity contribution is 0.100. The van der Waals surface area contributed by atoms with Gasteiger partial charge in [0.15, 0.2) is 15.8 Å². The molecule has 23 heavy (non-hydrogen) atoms. The van der Waals surface area contributed by atoms with Crippen LogP contribution in [0.5, 0.6) is 0 Å². The predicted molar refractivity (Wildman–Crippen MR) is 92.3 cm³/mol. The van der Waals surface area contributed by atoms with Gasteiger partial charge in [-0.15, -0.1) is 0 Å². The summed E-state index contributed by atoms with van der Waals surface area (Å²) in [6, 6.07) is 4.35. The molecule has 0 saturated carbocycles. The molecule has 0 bridgehead atoms. The van der Waals surface area contributed by atoms with Gasteiger partial charge in [-0.1, -0.05) is 26.2 Å². The third-order valence-electron chi connectivity index (χ3n) is 3.20. The molecule has 0 fully saturated rings. The van der Waals surface area contributed by atoms with Crippen LogP contribution in [0.15, 0.2) is 28.1 Å². The zero-order chi connectivity index (χ0) is 17.5. The summed E-state index contributed by atoms with van der Waals surface area (Å²) in [5.74, 6) is -1.04. The highest BCUT2D eigenvalue weighted by Gasteiger charge is 2.16. The minimum Gasteiger partial charge on any atom is -0.384 e. The lowest BCUT2D eigenvalue weighted by atomic mass is 10.2. The first kappa shape index (κ1) is 19.0. The zero-order valence-corrected chi connectivity index (χ0v) is 14.3. The van der Waals surface area contributed by atoms with Gasteiger partial charge in [-0.3, -0.25) is 4.79 Å². The van der Waals surface area contributed by atoms with Crippen molar-refractivity contribution in [2.24, 2.45) is 16.5 Å². The molecule has 0 aliphatic heterocycles. The number of guanidine groups is 1. The number of nitrogens with one attached hydrogen (secondary N) is 1. The summed E-state index contributed by atoms with van der Waals surface area (Å²) in [5.41, 5.74) is 10.9. The Morgan fingerprint density at radius 3 is 2.48 bits per heavy atom. The summed E-state index contributed by atoms with van der Waals surface area (Å²) >= 11 is 0. The number of rotatable bonds is 8. The van der Waals surface area contributed by atoms with E-state index in [0.717, 1.165) is 31.9 Å². The molecule has 0 atom stereocenters. The first-order valence-corrected chi connectivity index (χ1v) is 9.36. The van der Waals surface area contributed by atoms with Gasteiger partial charge in [0, 0.05) is 18.4 Å². The second kappa shape index (κ2) is 8.52. The Hall–Kier alpha value is -2.09. The van der Waals surface area contributed by atoms with E-state index in [2.05, 4.69) is 17.2 Å². The highest BCUT2D eigenvalue weighted by atomic mass is 32.2. The maximum absolute atomic E-state index is 11.9. The SMILES string of the molecule is CCCCCCNc1ccc(C(=O)N=C(N)N)cc1S(C)(=O)=O. The third kappa shape index (κ3) is 6.27. The van der Waals surface area contributed by atoms with E-state index in [0.29, 0.717) is 12.2 Å². The molecular formula is C15H24N4O3S. The summed E-state index contributed by atoms with van der Waals surface area (Å²) in [6.07, 6.45) is 5.41. The van der Waals surface area contributed by atoms with Gasteiger partial charge in [0.05, 0.1) is 10.6 Å². The number of nitrogens with zero attached hydrogens (tertiary/aromatic N) is 1. The van der Waals surface area contributed by atoms with Crippen LogP contribution < -0.4 is 16.8 Å². The molecule has 0 saturated heterocycles. The number of carbonyl (C=O) groups is 1. The fourth-order valence-corrected chi connectivity index (χ4v) is 2.95. The van der Waals surface area contributed by atoms with Crippen LogP contribution in [0.3, 0.4) is 0 Å². The Morgan fingerprint density at radius 2 is 1.91 bits per heavy atom. The average Bonchev–Trinajstić information content (AvgIpc) is 2.45. The van der Waals surface area contributed by atoms with Gasteiger partial charge < -0.3 is 16.8 Å². The minimum atomic E-state index is -3.49. The van der Waals surface area contributed by atoms with Crippen molar-refractivity contribution in [3.63, 3.8) is 0 Å². The fraction of sp³-hybridized carbons (Fsp3) is 0.467. The van der Waals surface area contributed by atoms with Gasteiger partial charge in [0.1, 0.15) is 0 Å². The van der Waals surface area contributed by atoms with Crippen molar-refractivity contribution in [2.75, 3.05) is 18.1 Å². The molecule has 0 aliphatic carbocycles. The van der Waals surface area contributed by atoms with Crippen LogP contribution in [0.25, 0.3) is 0 Å². The van der Waals surface area contributed by atoms with Gasteiger partial charge in [0.25, 0.3) is 5.91 Å². The first-order chi connectivity index (χ1) is 10.8. The number of hydrogen-bond donors (Lipinski definition) is 3. The smallest absolute Gasteiger partial charge is 0.280 e. The largest absolute Gasteiger partial charge is 0.384 e. The molecule has 0 aromatic heterocycles. The van der Waals surface area contributed by atoms with Crippen LogP contribution in [0, 0.1) is 0 Å². The Kier molecular flexibility index (Phi) is 7.02. The van der Waals surface area contributed by atoms with Crippen molar-refractivity contribution in [1.29, 1.82) is 0 Å². The van der Waals surface area contributed by atoms with Gasteiger partial charge in [0.2, 0.25) is 0 Å². The monoisotopic (exact) mass is 340 g/mol. The number of unbranched alkanes of at least 4 members (excludes halogenated alkanes) is 3. The molecule has 0 spiro atoms.